The zero-order chi connectivity index (χ0) is 15.8. The summed E-state index contributed by atoms with van der Waals surface area (Å²) in [7, 11) is 1.57. The maximum Gasteiger partial charge on any atom is 0.225 e. The highest BCUT2D eigenvalue weighted by Crippen LogP contribution is 2.18. The number of hydroxylamine groups is 1. The molecule has 2 rings (SSSR count). The minimum absolute atomic E-state index is 0.263. The topological polar surface area (TPSA) is 73.6 Å². The second kappa shape index (κ2) is 8.11. The summed E-state index contributed by atoms with van der Waals surface area (Å²) < 4.78 is 5.08. The smallest absolute Gasteiger partial charge is 0.225 e. The summed E-state index contributed by atoms with van der Waals surface area (Å²) >= 11 is 0. The average Bonchev–Trinajstić information content (AvgIpc) is 2.55. The molecule has 6 nitrogen and oxygen atoms in total. The number of nitrogens with zero attached hydrogens (tertiary/aromatic N) is 1. The second-order valence-electron chi connectivity index (χ2n) is 4.73. The molecule has 116 valence electrons. The van der Waals surface area contributed by atoms with Crippen LogP contribution >= 0.6 is 0 Å². The third-order valence-corrected chi connectivity index (χ3v) is 3.16. The van der Waals surface area contributed by atoms with Crippen molar-refractivity contribution < 1.29 is 14.5 Å². The highest BCUT2D eigenvalue weighted by molar-refractivity contribution is 5.29. The molecule has 0 saturated heterocycles. The zero-order valence-electron chi connectivity index (χ0n) is 12.3. The van der Waals surface area contributed by atoms with Crippen LogP contribution in [0.5, 0.6) is 5.75 Å². The molecule has 1 N–H and O–H groups in total. The number of rotatable bonds is 8. The van der Waals surface area contributed by atoms with E-state index in [-0.39, 0.29) is 11.5 Å². The molecule has 6 heteroatoms. The van der Waals surface area contributed by atoms with E-state index in [1.807, 2.05) is 30.3 Å². The Morgan fingerprint density at radius 2 is 1.82 bits per heavy atom. The summed E-state index contributed by atoms with van der Waals surface area (Å²) in [6.07, 6.45) is 0. The fourth-order valence-electron chi connectivity index (χ4n) is 2.00. The van der Waals surface area contributed by atoms with E-state index in [0.717, 1.165) is 11.1 Å². The third kappa shape index (κ3) is 4.83. The van der Waals surface area contributed by atoms with E-state index in [9.17, 15) is 10.1 Å². The number of hydrogen-bond donors (Lipinski definition) is 1. The van der Waals surface area contributed by atoms with E-state index in [0.29, 0.717) is 12.4 Å². The molecule has 0 bridgehead atoms. The van der Waals surface area contributed by atoms with Crippen molar-refractivity contribution in [2.75, 3.05) is 13.7 Å². The fraction of sp³-hybridized carbons (Fsp3) is 0.250. The third-order valence-electron chi connectivity index (χ3n) is 3.16. The first-order valence-corrected chi connectivity index (χ1v) is 6.86. The first-order valence-electron chi connectivity index (χ1n) is 6.86. The van der Waals surface area contributed by atoms with Gasteiger partial charge in [-0.25, -0.2) is 0 Å². The molecule has 0 aliphatic carbocycles. The largest absolute Gasteiger partial charge is 0.497 e. The van der Waals surface area contributed by atoms with Crippen molar-refractivity contribution in [1.29, 1.82) is 0 Å². The van der Waals surface area contributed by atoms with Gasteiger partial charge in [0.25, 0.3) is 0 Å². The predicted octanol–water partition coefficient (Wildman–Crippen LogP) is 2.73. The molecule has 0 fully saturated rings. The van der Waals surface area contributed by atoms with Crippen molar-refractivity contribution in [3.05, 3.63) is 75.8 Å². The van der Waals surface area contributed by atoms with E-state index in [4.69, 9.17) is 9.57 Å². The van der Waals surface area contributed by atoms with Crippen LogP contribution in [-0.4, -0.2) is 18.6 Å². The molecule has 2 aromatic carbocycles. The van der Waals surface area contributed by atoms with Gasteiger partial charge in [0.15, 0.2) is 0 Å². The lowest BCUT2D eigenvalue weighted by Gasteiger charge is -2.15. The highest BCUT2D eigenvalue weighted by Gasteiger charge is 2.18. The van der Waals surface area contributed by atoms with Crippen molar-refractivity contribution in [3.8, 4) is 5.75 Å². The lowest BCUT2D eigenvalue weighted by Crippen LogP contribution is -2.28. The van der Waals surface area contributed by atoms with Crippen molar-refractivity contribution >= 4 is 0 Å². The van der Waals surface area contributed by atoms with Gasteiger partial charge in [0.1, 0.15) is 11.8 Å². The Morgan fingerprint density at radius 3 is 2.41 bits per heavy atom. The molecule has 0 unspecified atom stereocenters. The molecule has 0 aromatic heterocycles. The molecule has 0 aliphatic rings. The Hall–Kier alpha value is -2.44. The number of methoxy groups -OCH3 is 1. The molecular formula is C16H18N2O4. The van der Waals surface area contributed by atoms with Crippen LogP contribution in [0.4, 0.5) is 0 Å². The summed E-state index contributed by atoms with van der Waals surface area (Å²) in [6, 6.07) is 16.2. The summed E-state index contributed by atoms with van der Waals surface area (Å²) in [5, 5.41) is 10.8. The molecule has 22 heavy (non-hydrogen) atoms. The van der Waals surface area contributed by atoms with Gasteiger partial charge < -0.3 is 4.74 Å². The zero-order valence-corrected chi connectivity index (χ0v) is 12.3. The quantitative estimate of drug-likeness (QED) is 0.599. The lowest BCUT2D eigenvalue weighted by molar-refractivity contribution is -0.486. The van der Waals surface area contributed by atoms with Gasteiger partial charge in [-0.05, 0) is 23.3 Å². The SMILES string of the molecule is COc1ccc([C@H](C[N+](=O)[O-])NOCc2ccccc2)cc1. The van der Waals surface area contributed by atoms with E-state index < -0.39 is 6.04 Å². The maximum absolute atomic E-state index is 10.8. The average molecular weight is 302 g/mol. The van der Waals surface area contributed by atoms with Crippen LogP contribution in [0.2, 0.25) is 0 Å². The Balaban J connectivity index is 1.97. The maximum atomic E-state index is 10.8. The van der Waals surface area contributed by atoms with Gasteiger partial charge >= 0.3 is 0 Å². The molecule has 0 radical (unpaired) electrons. The Morgan fingerprint density at radius 1 is 1.14 bits per heavy atom. The van der Waals surface area contributed by atoms with Gasteiger partial charge in [-0.15, -0.1) is 0 Å². The van der Waals surface area contributed by atoms with Crippen molar-refractivity contribution in [2.24, 2.45) is 0 Å². The van der Waals surface area contributed by atoms with Crippen molar-refractivity contribution in [2.45, 2.75) is 12.6 Å². The highest BCUT2D eigenvalue weighted by atomic mass is 16.7. The summed E-state index contributed by atoms with van der Waals surface area (Å²) in [6.45, 7) is 0.0757. The van der Waals surface area contributed by atoms with Crippen LogP contribution in [0.15, 0.2) is 54.6 Å². The second-order valence-corrected chi connectivity index (χ2v) is 4.73. The molecule has 0 saturated carbocycles. The van der Waals surface area contributed by atoms with E-state index >= 15 is 0 Å². The Kier molecular flexibility index (Phi) is 5.88. The van der Waals surface area contributed by atoms with E-state index in [2.05, 4.69) is 5.48 Å². The number of benzene rings is 2. The molecule has 0 heterocycles. The normalized spacial score (nSPS) is 11.9. The number of ether oxygens (including phenoxy) is 1. The van der Waals surface area contributed by atoms with Crippen LogP contribution in [0.1, 0.15) is 17.2 Å². The molecule has 0 aliphatic heterocycles. The molecular weight excluding hydrogens is 284 g/mol. The minimum Gasteiger partial charge on any atom is -0.497 e. The standard InChI is InChI=1S/C16H18N2O4/c1-21-15-9-7-14(8-10-15)16(11-18(19)20)17-22-12-13-5-3-2-4-6-13/h2-10,16-17H,11-12H2,1H3/t16-/m0/s1. The first-order chi connectivity index (χ1) is 10.7. The predicted molar refractivity (Wildman–Crippen MR) is 82.0 cm³/mol. The minimum atomic E-state index is -0.524. The molecule has 0 spiro atoms. The van der Waals surface area contributed by atoms with Crippen molar-refractivity contribution in [3.63, 3.8) is 0 Å². The number of hydrogen-bond acceptors (Lipinski definition) is 5. The van der Waals surface area contributed by atoms with Crippen LogP contribution < -0.4 is 10.2 Å². The molecule has 2 aromatic rings. The summed E-state index contributed by atoms with van der Waals surface area (Å²) in [5.41, 5.74) is 4.53. The van der Waals surface area contributed by atoms with Gasteiger partial charge in [0, 0.05) is 4.92 Å². The lowest BCUT2D eigenvalue weighted by atomic mass is 10.1. The van der Waals surface area contributed by atoms with Gasteiger partial charge in [0.05, 0.1) is 13.7 Å². The number of nitro groups is 1. The van der Waals surface area contributed by atoms with Gasteiger partial charge in [-0.3, -0.25) is 15.0 Å². The van der Waals surface area contributed by atoms with Crippen LogP contribution in [0.3, 0.4) is 0 Å². The monoisotopic (exact) mass is 302 g/mol. The van der Waals surface area contributed by atoms with Crippen LogP contribution in [0, 0.1) is 10.1 Å². The summed E-state index contributed by atoms with van der Waals surface area (Å²) in [5.74, 6) is 0.703. The van der Waals surface area contributed by atoms with Gasteiger partial charge in [-0.1, -0.05) is 42.5 Å². The Bertz CT molecular complexity index is 587. The van der Waals surface area contributed by atoms with E-state index in [1.54, 1.807) is 31.4 Å². The fourth-order valence-corrected chi connectivity index (χ4v) is 2.00. The van der Waals surface area contributed by atoms with Gasteiger partial charge in [-0.2, -0.15) is 5.48 Å². The van der Waals surface area contributed by atoms with E-state index in [1.165, 1.54) is 0 Å². The van der Waals surface area contributed by atoms with Crippen LogP contribution in [-0.2, 0) is 11.4 Å². The molecule has 1 atom stereocenters. The molecule has 0 amide bonds. The van der Waals surface area contributed by atoms with Crippen molar-refractivity contribution in [1.82, 2.24) is 5.48 Å². The number of nitrogens with one attached hydrogen (secondary N) is 1. The van der Waals surface area contributed by atoms with Crippen LogP contribution in [0.25, 0.3) is 0 Å². The van der Waals surface area contributed by atoms with Gasteiger partial charge in [0.2, 0.25) is 6.54 Å². The summed E-state index contributed by atoms with van der Waals surface area (Å²) in [4.78, 5) is 15.9. The Labute approximate surface area is 128 Å². The first kappa shape index (κ1) is 15.9.